The third kappa shape index (κ3) is 3.87. The fourth-order valence-electron chi connectivity index (χ4n) is 3.82. The van der Waals surface area contributed by atoms with E-state index in [0.29, 0.717) is 5.92 Å². The van der Waals surface area contributed by atoms with Crippen LogP contribution in [0.15, 0.2) is 24.3 Å². The molecule has 3 unspecified atom stereocenters. The molecule has 1 saturated carbocycles. The molecule has 1 aromatic carbocycles. The van der Waals surface area contributed by atoms with Gasteiger partial charge in [0.15, 0.2) is 0 Å². The normalized spacial score (nSPS) is 27.5. The summed E-state index contributed by atoms with van der Waals surface area (Å²) in [5.41, 5.74) is 9.10. The highest BCUT2D eigenvalue weighted by Crippen LogP contribution is 2.42. The van der Waals surface area contributed by atoms with Gasteiger partial charge in [0.05, 0.1) is 11.6 Å². The summed E-state index contributed by atoms with van der Waals surface area (Å²) in [6.07, 6.45) is 7.02. The second-order valence-electron chi connectivity index (χ2n) is 6.67. The highest BCUT2D eigenvalue weighted by Gasteiger charge is 2.41. The van der Waals surface area contributed by atoms with Crippen molar-refractivity contribution in [1.82, 2.24) is 0 Å². The SMILES string of the molecule is CCCc1ccc(C(N)C2(OCC)CCCC(C)C2)cc1. The Hall–Kier alpha value is -0.860. The molecule has 0 radical (unpaired) electrons. The first kappa shape index (κ1) is 16.5. The van der Waals surface area contributed by atoms with Crippen LogP contribution >= 0.6 is 0 Å². The van der Waals surface area contributed by atoms with Gasteiger partial charge in [0.2, 0.25) is 0 Å². The third-order valence-electron chi connectivity index (χ3n) is 4.87. The summed E-state index contributed by atoms with van der Waals surface area (Å²) >= 11 is 0. The van der Waals surface area contributed by atoms with Gasteiger partial charge in [-0.2, -0.15) is 0 Å². The van der Waals surface area contributed by atoms with Gasteiger partial charge in [-0.15, -0.1) is 0 Å². The molecular weight excluding hydrogens is 258 g/mol. The molecule has 1 fully saturated rings. The van der Waals surface area contributed by atoms with Crippen LogP contribution in [-0.2, 0) is 11.2 Å². The highest BCUT2D eigenvalue weighted by molar-refractivity contribution is 5.27. The molecule has 2 nitrogen and oxygen atoms in total. The quantitative estimate of drug-likeness (QED) is 0.829. The van der Waals surface area contributed by atoms with Gasteiger partial charge in [-0.05, 0) is 43.2 Å². The number of rotatable bonds is 6. The number of aryl methyl sites for hydroxylation is 1. The maximum atomic E-state index is 6.65. The molecule has 118 valence electrons. The molecule has 0 heterocycles. The Morgan fingerprint density at radius 2 is 2.00 bits per heavy atom. The molecule has 1 aliphatic rings. The molecule has 1 aliphatic carbocycles. The van der Waals surface area contributed by atoms with Crippen LogP contribution in [0.5, 0.6) is 0 Å². The van der Waals surface area contributed by atoms with Gasteiger partial charge in [-0.3, -0.25) is 0 Å². The molecule has 0 saturated heterocycles. The van der Waals surface area contributed by atoms with E-state index in [1.54, 1.807) is 0 Å². The predicted molar refractivity (Wildman–Crippen MR) is 89.4 cm³/mol. The number of ether oxygens (including phenoxy) is 1. The first-order chi connectivity index (χ1) is 10.1. The standard InChI is InChI=1S/C19H31NO/c1-4-7-16-9-11-17(12-10-16)18(20)19(21-5-2)13-6-8-15(3)14-19/h9-12,15,18H,4-8,13-14,20H2,1-3H3. The lowest BCUT2D eigenvalue weighted by Gasteiger charge is -2.44. The Morgan fingerprint density at radius 3 is 2.57 bits per heavy atom. The first-order valence-corrected chi connectivity index (χ1v) is 8.59. The van der Waals surface area contributed by atoms with E-state index in [1.807, 2.05) is 0 Å². The fourth-order valence-corrected chi connectivity index (χ4v) is 3.82. The third-order valence-corrected chi connectivity index (χ3v) is 4.87. The van der Waals surface area contributed by atoms with Crippen molar-refractivity contribution in [2.45, 2.75) is 70.9 Å². The first-order valence-electron chi connectivity index (χ1n) is 8.59. The van der Waals surface area contributed by atoms with Crippen LogP contribution in [0.3, 0.4) is 0 Å². The van der Waals surface area contributed by atoms with Gasteiger partial charge in [-0.1, -0.05) is 57.4 Å². The Labute approximate surface area is 130 Å². The van der Waals surface area contributed by atoms with E-state index >= 15 is 0 Å². The van der Waals surface area contributed by atoms with Crippen molar-refractivity contribution in [1.29, 1.82) is 0 Å². The van der Waals surface area contributed by atoms with Crippen LogP contribution in [0.4, 0.5) is 0 Å². The maximum absolute atomic E-state index is 6.65. The second kappa shape index (κ2) is 7.42. The Bertz CT molecular complexity index is 424. The number of hydrogen-bond donors (Lipinski definition) is 1. The smallest absolute Gasteiger partial charge is 0.0876 e. The molecule has 2 rings (SSSR count). The van der Waals surface area contributed by atoms with Crippen molar-refractivity contribution in [3.05, 3.63) is 35.4 Å². The van der Waals surface area contributed by atoms with Gasteiger partial charge in [-0.25, -0.2) is 0 Å². The van der Waals surface area contributed by atoms with Crippen LogP contribution in [0.1, 0.15) is 70.0 Å². The van der Waals surface area contributed by atoms with Gasteiger partial charge < -0.3 is 10.5 Å². The van der Waals surface area contributed by atoms with E-state index in [2.05, 4.69) is 45.0 Å². The number of benzene rings is 1. The molecule has 0 aliphatic heterocycles. The lowest BCUT2D eigenvalue weighted by atomic mass is 9.73. The van der Waals surface area contributed by atoms with Crippen LogP contribution in [0.25, 0.3) is 0 Å². The monoisotopic (exact) mass is 289 g/mol. The molecular formula is C19H31NO. The van der Waals surface area contributed by atoms with Crippen molar-refractivity contribution in [3.8, 4) is 0 Å². The van der Waals surface area contributed by atoms with Crippen molar-refractivity contribution in [2.24, 2.45) is 11.7 Å². The van der Waals surface area contributed by atoms with E-state index in [9.17, 15) is 0 Å². The predicted octanol–water partition coefficient (Wildman–Crippen LogP) is 4.62. The van der Waals surface area contributed by atoms with E-state index in [1.165, 1.54) is 30.4 Å². The van der Waals surface area contributed by atoms with E-state index in [-0.39, 0.29) is 11.6 Å². The van der Waals surface area contributed by atoms with Gasteiger partial charge in [0, 0.05) is 6.61 Å². The number of hydrogen-bond acceptors (Lipinski definition) is 2. The van der Waals surface area contributed by atoms with Crippen LogP contribution in [-0.4, -0.2) is 12.2 Å². The zero-order valence-electron chi connectivity index (χ0n) is 13.9. The minimum atomic E-state index is -0.168. The average molecular weight is 289 g/mol. The number of nitrogens with two attached hydrogens (primary N) is 1. The molecule has 3 atom stereocenters. The zero-order chi connectivity index (χ0) is 15.3. The second-order valence-corrected chi connectivity index (χ2v) is 6.67. The van der Waals surface area contributed by atoms with E-state index in [4.69, 9.17) is 10.5 Å². The summed E-state index contributed by atoms with van der Waals surface area (Å²) in [6.45, 7) is 7.36. The maximum Gasteiger partial charge on any atom is 0.0876 e. The Morgan fingerprint density at radius 1 is 1.29 bits per heavy atom. The van der Waals surface area contributed by atoms with Gasteiger partial charge in [0.1, 0.15) is 0 Å². The van der Waals surface area contributed by atoms with Crippen LogP contribution in [0, 0.1) is 5.92 Å². The topological polar surface area (TPSA) is 35.2 Å². The summed E-state index contributed by atoms with van der Waals surface area (Å²) < 4.78 is 6.21. The minimum absolute atomic E-state index is 0.0177. The van der Waals surface area contributed by atoms with Crippen molar-refractivity contribution in [3.63, 3.8) is 0 Å². The summed E-state index contributed by atoms with van der Waals surface area (Å²) in [6, 6.07) is 8.84. The Balaban J connectivity index is 2.19. The summed E-state index contributed by atoms with van der Waals surface area (Å²) in [5, 5.41) is 0. The largest absolute Gasteiger partial charge is 0.373 e. The van der Waals surface area contributed by atoms with Gasteiger partial charge >= 0.3 is 0 Å². The van der Waals surface area contributed by atoms with Crippen LogP contribution in [0.2, 0.25) is 0 Å². The van der Waals surface area contributed by atoms with Crippen molar-refractivity contribution < 1.29 is 4.74 Å². The van der Waals surface area contributed by atoms with Gasteiger partial charge in [0.25, 0.3) is 0 Å². The average Bonchev–Trinajstić information content (AvgIpc) is 2.48. The lowest BCUT2D eigenvalue weighted by molar-refractivity contribution is -0.0938. The lowest BCUT2D eigenvalue weighted by Crippen LogP contribution is -2.47. The fraction of sp³-hybridized carbons (Fsp3) is 0.684. The summed E-state index contributed by atoms with van der Waals surface area (Å²) in [4.78, 5) is 0. The summed E-state index contributed by atoms with van der Waals surface area (Å²) in [5.74, 6) is 0.704. The zero-order valence-corrected chi connectivity index (χ0v) is 13.9. The molecule has 0 amide bonds. The molecule has 21 heavy (non-hydrogen) atoms. The molecule has 1 aromatic rings. The Kier molecular flexibility index (Phi) is 5.83. The minimum Gasteiger partial charge on any atom is -0.373 e. The molecule has 0 spiro atoms. The van der Waals surface area contributed by atoms with Crippen molar-refractivity contribution in [2.75, 3.05) is 6.61 Å². The summed E-state index contributed by atoms with van der Waals surface area (Å²) in [7, 11) is 0. The molecule has 0 aromatic heterocycles. The molecule has 2 N–H and O–H groups in total. The molecule has 2 heteroatoms. The molecule has 0 bridgehead atoms. The van der Waals surface area contributed by atoms with Crippen LogP contribution < -0.4 is 5.73 Å². The highest BCUT2D eigenvalue weighted by atomic mass is 16.5. The van der Waals surface area contributed by atoms with E-state index in [0.717, 1.165) is 25.9 Å². The van der Waals surface area contributed by atoms with Crippen molar-refractivity contribution >= 4 is 0 Å². The van der Waals surface area contributed by atoms with E-state index < -0.39 is 0 Å².